The van der Waals surface area contributed by atoms with Gasteiger partial charge in [0.05, 0.1) is 11.9 Å². The van der Waals surface area contributed by atoms with Crippen molar-refractivity contribution in [3.05, 3.63) is 51.4 Å². The average molecular weight is 308 g/mol. The maximum atomic E-state index is 12.1. The predicted molar refractivity (Wildman–Crippen MR) is 83.8 cm³/mol. The Morgan fingerprint density at radius 1 is 1.33 bits per heavy atom. The fourth-order valence-electron chi connectivity index (χ4n) is 1.88. The molecule has 0 atom stereocenters. The average Bonchev–Trinajstić information content (AvgIpc) is 2.44. The fraction of sp³-hybridized carbons (Fsp3) is 0.333. The first-order chi connectivity index (χ1) is 9.97. The molecule has 1 heterocycles. The van der Waals surface area contributed by atoms with Crippen LogP contribution in [0.3, 0.4) is 0 Å². The Labute approximate surface area is 128 Å². The third-order valence-corrected chi connectivity index (χ3v) is 3.31. The molecule has 6 heteroatoms. The van der Waals surface area contributed by atoms with Crippen molar-refractivity contribution in [2.24, 2.45) is 5.92 Å². The molecule has 0 fully saturated rings. The van der Waals surface area contributed by atoms with Crippen LogP contribution in [0.2, 0.25) is 5.02 Å². The van der Waals surface area contributed by atoms with Crippen molar-refractivity contribution in [3.8, 4) is 5.75 Å². The third kappa shape index (κ3) is 3.98. The summed E-state index contributed by atoms with van der Waals surface area (Å²) in [7, 11) is 0. The highest BCUT2D eigenvalue weighted by atomic mass is 35.5. The highest BCUT2D eigenvalue weighted by molar-refractivity contribution is 6.32. The summed E-state index contributed by atoms with van der Waals surface area (Å²) in [6, 6.07) is 6.81. The summed E-state index contributed by atoms with van der Waals surface area (Å²) in [6.45, 7) is 5.06. The van der Waals surface area contributed by atoms with Crippen molar-refractivity contribution in [3.63, 3.8) is 0 Å². The number of aromatic nitrogens is 2. The smallest absolute Gasteiger partial charge is 0.287 e. The molecule has 0 radical (unpaired) electrons. The summed E-state index contributed by atoms with van der Waals surface area (Å²) in [4.78, 5) is 12.1. The van der Waals surface area contributed by atoms with Gasteiger partial charge in [-0.25, -0.2) is 4.68 Å². The summed E-state index contributed by atoms with van der Waals surface area (Å²) >= 11 is 6.10. The van der Waals surface area contributed by atoms with E-state index in [1.165, 1.54) is 4.68 Å². The molecular formula is C15H18ClN3O2. The Kier molecular flexibility index (Phi) is 4.85. The third-order valence-electron chi connectivity index (χ3n) is 2.94. The second kappa shape index (κ2) is 6.63. The zero-order valence-corrected chi connectivity index (χ0v) is 12.8. The minimum absolute atomic E-state index is 0.143. The predicted octanol–water partition coefficient (Wildman–Crippen LogP) is 2.87. The van der Waals surface area contributed by atoms with E-state index in [1.54, 1.807) is 30.5 Å². The van der Waals surface area contributed by atoms with E-state index in [0.717, 1.165) is 5.56 Å². The Morgan fingerprint density at radius 2 is 2.00 bits per heavy atom. The van der Waals surface area contributed by atoms with Crippen molar-refractivity contribution < 1.29 is 5.11 Å². The zero-order chi connectivity index (χ0) is 15.4. The molecule has 21 heavy (non-hydrogen) atoms. The van der Waals surface area contributed by atoms with E-state index in [9.17, 15) is 9.90 Å². The quantitative estimate of drug-likeness (QED) is 0.891. The molecule has 2 rings (SSSR count). The largest absolute Gasteiger partial charge is 0.508 e. The van der Waals surface area contributed by atoms with Crippen LogP contribution in [0.4, 0.5) is 5.69 Å². The lowest BCUT2D eigenvalue weighted by Gasteiger charge is -2.11. The summed E-state index contributed by atoms with van der Waals surface area (Å²) in [6.07, 6.45) is 1.56. The van der Waals surface area contributed by atoms with E-state index >= 15 is 0 Å². The molecule has 112 valence electrons. The Morgan fingerprint density at radius 3 is 2.62 bits per heavy atom. The number of phenolic OH excluding ortho intramolecular Hbond substituents is 1. The van der Waals surface area contributed by atoms with Gasteiger partial charge in [0.25, 0.3) is 5.56 Å². The van der Waals surface area contributed by atoms with Crippen molar-refractivity contribution in [2.75, 3.05) is 5.32 Å². The second-order valence-corrected chi connectivity index (χ2v) is 5.65. The molecule has 0 aliphatic rings. The van der Waals surface area contributed by atoms with Gasteiger partial charge >= 0.3 is 0 Å². The molecule has 0 saturated carbocycles. The molecule has 5 nitrogen and oxygen atoms in total. The number of anilines is 1. The van der Waals surface area contributed by atoms with E-state index in [-0.39, 0.29) is 16.3 Å². The molecular weight excluding hydrogens is 290 g/mol. The highest BCUT2D eigenvalue weighted by Crippen LogP contribution is 2.17. The van der Waals surface area contributed by atoms with Crippen molar-refractivity contribution in [1.82, 2.24) is 9.78 Å². The maximum absolute atomic E-state index is 12.1. The lowest BCUT2D eigenvalue weighted by atomic mass is 10.2. The molecule has 2 aromatic rings. The van der Waals surface area contributed by atoms with Crippen molar-refractivity contribution >= 4 is 17.3 Å². The van der Waals surface area contributed by atoms with Gasteiger partial charge in [0.1, 0.15) is 10.8 Å². The molecule has 0 aliphatic carbocycles. The van der Waals surface area contributed by atoms with Gasteiger partial charge in [-0.05, 0) is 23.6 Å². The van der Waals surface area contributed by atoms with Crippen LogP contribution in [0.5, 0.6) is 5.75 Å². The van der Waals surface area contributed by atoms with Gasteiger partial charge in [0.15, 0.2) is 0 Å². The van der Waals surface area contributed by atoms with Gasteiger partial charge in [-0.1, -0.05) is 37.6 Å². The molecule has 2 N–H and O–H groups in total. The standard InChI is InChI=1S/C15H18ClN3O2/c1-10(2)9-19-15(21)14(16)13(8-18-19)17-7-11-3-5-12(20)6-4-11/h3-6,8,10,17,20H,7,9H2,1-2H3. The Hall–Kier alpha value is -2.01. The molecule has 1 aromatic carbocycles. The van der Waals surface area contributed by atoms with E-state index < -0.39 is 0 Å². The minimum Gasteiger partial charge on any atom is -0.508 e. The van der Waals surface area contributed by atoms with Crippen LogP contribution in [-0.4, -0.2) is 14.9 Å². The van der Waals surface area contributed by atoms with E-state index in [4.69, 9.17) is 11.6 Å². The minimum atomic E-state index is -0.291. The highest BCUT2D eigenvalue weighted by Gasteiger charge is 2.10. The molecule has 0 saturated heterocycles. The molecule has 1 aromatic heterocycles. The summed E-state index contributed by atoms with van der Waals surface area (Å²) in [5.41, 5.74) is 1.19. The number of nitrogens with zero attached hydrogens (tertiary/aromatic N) is 2. The second-order valence-electron chi connectivity index (χ2n) is 5.27. The monoisotopic (exact) mass is 307 g/mol. The number of hydrogen-bond donors (Lipinski definition) is 2. The number of nitrogens with one attached hydrogen (secondary N) is 1. The Bertz CT molecular complexity index is 666. The SMILES string of the molecule is CC(C)Cn1ncc(NCc2ccc(O)cc2)c(Cl)c1=O. The number of aromatic hydroxyl groups is 1. The van der Waals surface area contributed by atoms with E-state index in [1.807, 2.05) is 13.8 Å². The first-order valence-corrected chi connectivity index (χ1v) is 7.12. The van der Waals surface area contributed by atoms with Crippen LogP contribution in [-0.2, 0) is 13.1 Å². The summed E-state index contributed by atoms with van der Waals surface area (Å²) in [5.74, 6) is 0.539. The van der Waals surface area contributed by atoms with Crippen LogP contribution < -0.4 is 10.9 Å². The number of phenols is 1. The Balaban J connectivity index is 2.12. The van der Waals surface area contributed by atoms with Gasteiger partial charge in [-0.3, -0.25) is 4.79 Å². The number of hydrogen-bond acceptors (Lipinski definition) is 4. The maximum Gasteiger partial charge on any atom is 0.287 e. The van der Waals surface area contributed by atoms with Crippen LogP contribution in [0, 0.1) is 5.92 Å². The van der Waals surface area contributed by atoms with Crippen LogP contribution >= 0.6 is 11.6 Å². The molecule has 0 amide bonds. The topological polar surface area (TPSA) is 67.2 Å². The lowest BCUT2D eigenvalue weighted by Crippen LogP contribution is -2.26. The van der Waals surface area contributed by atoms with Crippen LogP contribution in [0.25, 0.3) is 0 Å². The van der Waals surface area contributed by atoms with Crippen LogP contribution in [0.1, 0.15) is 19.4 Å². The van der Waals surface area contributed by atoms with Crippen molar-refractivity contribution in [1.29, 1.82) is 0 Å². The zero-order valence-electron chi connectivity index (χ0n) is 12.0. The van der Waals surface area contributed by atoms with E-state index in [2.05, 4.69) is 10.4 Å². The molecule has 0 unspecified atom stereocenters. The van der Waals surface area contributed by atoms with Crippen molar-refractivity contribution in [2.45, 2.75) is 26.9 Å². The van der Waals surface area contributed by atoms with Gasteiger partial charge in [0, 0.05) is 13.1 Å². The van der Waals surface area contributed by atoms with Gasteiger partial charge in [-0.15, -0.1) is 0 Å². The normalized spacial score (nSPS) is 10.9. The first-order valence-electron chi connectivity index (χ1n) is 6.74. The molecule has 0 spiro atoms. The molecule has 0 aliphatic heterocycles. The number of rotatable bonds is 5. The first kappa shape index (κ1) is 15.4. The summed E-state index contributed by atoms with van der Waals surface area (Å²) in [5, 5.41) is 16.6. The number of halogens is 1. The van der Waals surface area contributed by atoms with E-state index in [0.29, 0.717) is 24.7 Å². The fourth-order valence-corrected chi connectivity index (χ4v) is 2.09. The van der Waals surface area contributed by atoms with Gasteiger partial charge < -0.3 is 10.4 Å². The lowest BCUT2D eigenvalue weighted by molar-refractivity contribution is 0.464. The summed E-state index contributed by atoms with van der Waals surface area (Å²) < 4.78 is 1.37. The van der Waals surface area contributed by atoms with Gasteiger partial charge in [-0.2, -0.15) is 5.10 Å². The van der Waals surface area contributed by atoms with Crippen LogP contribution in [0.15, 0.2) is 35.3 Å². The molecule has 0 bridgehead atoms. The van der Waals surface area contributed by atoms with Gasteiger partial charge in [0.2, 0.25) is 0 Å². The number of benzene rings is 1.